The molecular weight excluding hydrogens is 284 g/mol. The third-order valence-corrected chi connectivity index (χ3v) is 2.74. The fourth-order valence-corrected chi connectivity index (χ4v) is 1.80. The number of anilines is 1. The summed E-state index contributed by atoms with van der Waals surface area (Å²) >= 11 is 5.85. The average Bonchev–Trinajstić information content (AvgIpc) is 2.37. The van der Waals surface area contributed by atoms with Gasteiger partial charge in [-0.25, -0.2) is 0 Å². The maximum atomic E-state index is 12.0. The van der Waals surface area contributed by atoms with Gasteiger partial charge in [0.05, 0.1) is 18.4 Å². The molecule has 104 valence electrons. The van der Waals surface area contributed by atoms with E-state index in [2.05, 4.69) is 10.3 Å². The van der Waals surface area contributed by atoms with Crippen LogP contribution in [-0.4, -0.2) is 23.1 Å². The van der Waals surface area contributed by atoms with Gasteiger partial charge >= 0.3 is 0 Å². The molecule has 0 aliphatic carbocycles. The van der Waals surface area contributed by atoms with Gasteiger partial charge < -0.3 is 15.2 Å². The Balaban J connectivity index is 2.32. The number of benzene rings is 1. The fourth-order valence-electron chi connectivity index (χ4n) is 1.63. The SMILES string of the molecule is COc1ccc(Cl)cc1NC(=O)c1cc(O)[nH]c(=O)c1. The van der Waals surface area contributed by atoms with Crippen LogP contribution in [0.25, 0.3) is 0 Å². The molecule has 1 amide bonds. The zero-order valence-electron chi connectivity index (χ0n) is 10.4. The Morgan fingerprint density at radius 1 is 1.35 bits per heavy atom. The number of pyridine rings is 1. The van der Waals surface area contributed by atoms with E-state index in [9.17, 15) is 14.7 Å². The first-order valence-corrected chi connectivity index (χ1v) is 5.95. The van der Waals surface area contributed by atoms with Crippen molar-refractivity contribution in [2.24, 2.45) is 0 Å². The van der Waals surface area contributed by atoms with E-state index in [0.29, 0.717) is 16.5 Å². The first kappa shape index (κ1) is 14.0. The van der Waals surface area contributed by atoms with Crippen LogP contribution in [0.1, 0.15) is 10.4 Å². The van der Waals surface area contributed by atoms with Crippen molar-refractivity contribution in [3.05, 3.63) is 51.3 Å². The molecule has 0 bridgehead atoms. The van der Waals surface area contributed by atoms with Gasteiger partial charge in [-0.05, 0) is 18.2 Å². The molecule has 0 saturated carbocycles. The third kappa shape index (κ3) is 3.10. The molecule has 7 heteroatoms. The summed E-state index contributed by atoms with van der Waals surface area (Å²) in [5, 5.41) is 12.3. The number of amides is 1. The lowest BCUT2D eigenvalue weighted by atomic mass is 10.2. The number of aromatic hydroxyl groups is 1. The van der Waals surface area contributed by atoms with Crippen LogP contribution < -0.4 is 15.6 Å². The number of rotatable bonds is 3. The quantitative estimate of drug-likeness (QED) is 0.807. The number of aromatic amines is 1. The van der Waals surface area contributed by atoms with Crippen LogP contribution in [0.3, 0.4) is 0 Å². The molecule has 0 aliphatic heterocycles. The number of hydrogen-bond donors (Lipinski definition) is 3. The monoisotopic (exact) mass is 294 g/mol. The molecule has 0 aliphatic rings. The molecule has 0 radical (unpaired) electrons. The predicted molar refractivity (Wildman–Crippen MR) is 74.7 cm³/mol. The summed E-state index contributed by atoms with van der Waals surface area (Å²) < 4.78 is 5.09. The van der Waals surface area contributed by atoms with Gasteiger partial charge in [0.15, 0.2) is 5.88 Å². The van der Waals surface area contributed by atoms with Crippen molar-refractivity contribution in [2.45, 2.75) is 0 Å². The van der Waals surface area contributed by atoms with Crippen LogP contribution >= 0.6 is 11.6 Å². The summed E-state index contributed by atoms with van der Waals surface area (Å²) in [6.07, 6.45) is 0. The lowest BCUT2D eigenvalue weighted by Gasteiger charge is -2.10. The zero-order chi connectivity index (χ0) is 14.7. The van der Waals surface area contributed by atoms with E-state index in [4.69, 9.17) is 16.3 Å². The molecular formula is C13H11ClN2O4. The fraction of sp³-hybridized carbons (Fsp3) is 0.0769. The summed E-state index contributed by atoms with van der Waals surface area (Å²) in [5.41, 5.74) is -0.189. The van der Waals surface area contributed by atoms with Gasteiger partial charge in [-0.3, -0.25) is 14.6 Å². The summed E-state index contributed by atoms with van der Waals surface area (Å²) in [6, 6.07) is 6.97. The minimum absolute atomic E-state index is 0.0216. The van der Waals surface area contributed by atoms with E-state index in [1.54, 1.807) is 12.1 Å². The minimum Gasteiger partial charge on any atom is -0.495 e. The number of H-pyrrole nitrogens is 1. The molecule has 0 fully saturated rings. The van der Waals surface area contributed by atoms with E-state index in [0.717, 1.165) is 12.1 Å². The van der Waals surface area contributed by atoms with Gasteiger partial charge in [0.25, 0.3) is 11.5 Å². The van der Waals surface area contributed by atoms with Crippen LogP contribution in [0, 0.1) is 0 Å². The summed E-state index contributed by atoms with van der Waals surface area (Å²) in [6.45, 7) is 0. The van der Waals surface area contributed by atoms with Crippen molar-refractivity contribution >= 4 is 23.2 Å². The highest BCUT2D eigenvalue weighted by atomic mass is 35.5. The molecule has 1 aromatic heterocycles. The van der Waals surface area contributed by atoms with Crippen molar-refractivity contribution < 1.29 is 14.6 Å². The Labute approximate surface area is 119 Å². The van der Waals surface area contributed by atoms with Gasteiger partial charge in [-0.15, -0.1) is 0 Å². The Kier molecular flexibility index (Phi) is 3.95. The van der Waals surface area contributed by atoms with Gasteiger partial charge in [-0.1, -0.05) is 11.6 Å². The van der Waals surface area contributed by atoms with Crippen LogP contribution in [0.5, 0.6) is 11.6 Å². The molecule has 2 aromatic rings. The molecule has 6 nitrogen and oxygen atoms in total. The average molecular weight is 295 g/mol. The highest BCUT2D eigenvalue weighted by molar-refractivity contribution is 6.31. The maximum Gasteiger partial charge on any atom is 0.256 e. The Hall–Kier alpha value is -2.47. The van der Waals surface area contributed by atoms with Crippen LogP contribution in [-0.2, 0) is 0 Å². The third-order valence-electron chi connectivity index (χ3n) is 2.50. The van der Waals surface area contributed by atoms with E-state index >= 15 is 0 Å². The Bertz CT molecular complexity index is 712. The highest BCUT2D eigenvalue weighted by Gasteiger charge is 2.12. The Morgan fingerprint density at radius 2 is 2.10 bits per heavy atom. The highest BCUT2D eigenvalue weighted by Crippen LogP contribution is 2.28. The van der Waals surface area contributed by atoms with E-state index in [1.807, 2.05) is 0 Å². The summed E-state index contributed by atoms with van der Waals surface area (Å²) in [4.78, 5) is 25.4. The van der Waals surface area contributed by atoms with Crippen molar-refractivity contribution in [3.63, 3.8) is 0 Å². The number of aromatic nitrogens is 1. The van der Waals surface area contributed by atoms with Gasteiger partial charge in [0.2, 0.25) is 0 Å². The lowest BCUT2D eigenvalue weighted by molar-refractivity contribution is 0.102. The minimum atomic E-state index is -0.576. The second kappa shape index (κ2) is 5.66. The number of ether oxygens (including phenoxy) is 1. The van der Waals surface area contributed by atoms with Crippen molar-refractivity contribution in [2.75, 3.05) is 12.4 Å². The van der Waals surface area contributed by atoms with Crippen LogP contribution in [0.15, 0.2) is 35.1 Å². The normalized spacial score (nSPS) is 10.1. The van der Waals surface area contributed by atoms with Crippen molar-refractivity contribution in [3.8, 4) is 11.6 Å². The van der Waals surface area contributed by atoms with Crippen LogP contribution in [0.4, 0.5) is 5.69 Å². The van der Waals surface area contributed by atoms with Gasteiger partial charge in [-0.2, -0.15) is 0 Å². The van der Waals surface area contributed by atoms with E-state index < -0.39 is 11.5 Å². The smallest absolute Gasteiger partial charge is 0.256 e. The number of halogens is 1. The van der Waals surface area contributed by atoms with E-state index in [-0.39, 0.29) is 11.4 Å². The molecule has 1 aromatic carbocycles. The standard InChI is InChI=1S/C13H11ClN2O4/c1-20-10-3-2-8(14)6-9(10)15-13(19)7-4-11(17)16-12(18)5-7/h2-6H,1H3,(H,15,19)(H2,16,17,18). The largest absolute Gasteiger partial charge is 0.495 e. The first-order valence-electron chi connectivity index (χ1n) is 5.58. The molecule has 3 N–H and O–H groups in total. The molecule has 0 saturated heterocycles. The molecule has 0 spiro atoms. The molecule has 0 atom stereocenters. The summed E-state index contributed by atoms with van der Waals surface area (Å²) in [7, 11) is 1.46. The molecule has 20 heavy (non-hydrogen) atoms. The molecule has 2 rings (SSSR count). The maximum absolute atomic E-state index is 12.0. The van der Waals surface area contributed by atoms with E-state index in [1.165, 1.54) is 13.2 Å². The number of carbonyl (C=O) groups excluding carboxylic acids is 1. The number of carbonyl (C=O) groups is 1. The number of nitrogens with one attached hydrogen (secondary N) is 2. The topological polar surface area (TPSA) is 91.4 Å². The number of methoxy groups -OCH3 is 1. The summed E-state index contributed by atoms with van der Waals surface area (Å²) in [5.74, 6) is -0.524. The zero-order valence-corrected chi connectivity index (χ0v) is 11.2. The van der Waals surface area contributed by atoms with Crippen LogP contribution in [0.2, 0.25) is 5.02 Å². The molecule has 1 heterocycles. The lowest BCUT2D eigenvalue weighted by Crippen LogP contribution is -2.16. The van der Waals surface area contributed by atoms with Crippen molar-refractivity contribution in [1.82, 2.24) is 4.98 Å². The Morgan fingerprint density at radius 3 is 2.75 bits per heavy atom. The molecule has 0 unspecified atom stereocenters. The van der Waals surface area contributed by atoms with Gasteiger partial charge in [0, 0.05) is 17.2 Å². The number of hydrogen-bond acceptors (Lipinski definition) is 4. The second-order valence-corrected chi connectivity index (χ2v) is 4.35. The van der Waals surface area contributed by atoms with Gasteiger partial charge in [0.1, 0.15) is 5.75 Å². The predicted octanol–water partition coefficient (Wildman–Crippen LogP) is 1.99. The second-order valence-electron chi connectivity index (χ2n) is 3.92. The van der Waals surface area contributed by atoms with Crippen molar-refractivity contribution in [1.29, 1.82) is 0 Å². The first-order chi connectivity index (χ1) is 9.49.